The van der Waals surface area contributed by atoms with Gasteiger partial charge in [-0.3, -0.25) is 9.88 Å². The molecule has 0 unspecified atom stereocenters. The van der Waals surface area contributed by atoms with Crippen molar-refractivity contribution in [2.24, 2.45) is 0 Å². The summed E-state index contributed by atoms with van der Waals surface area (Å²) in [5, 5.41) is 4.01. The summed E-state index contributed by atoms with van der Waals surface area (Å²) in [6.45, 7) is 9.47. The summed E-state index contributed by atoms with van der Waals surface area (Å²) in [5.74, 6) is 1.08. The summed E-state index contributed by atoms with van der Waals surface area (Å²) in [4.78, 5) is 15.1. The van der Waals surface area contributed by atoms with Crippen LogP contribution in [0.1, 0.15) is 31.6 Å². The zero-order valence-corrected chi connectivity index (χ0v) is 13.2. The molecule has 0 atom stereocenters. The first-order valence-corrected chi connectivity index (χ1v) is 7.83. The number of hydrogen-bond acceptors (Lipinski definition) is 6. The summed E-state index contributed by atoms with van der Waals surface area (Å²) < 4.78 is 5.41. The number of hydrogen-bond donors (Lipinski definition) is 0. The van der Waals surface area contributed by atoms with Gasteiger partial charge in [0.05, 0.1) is 12.7 Å². The number of rotatable bonds is 7. The highest BCUT2D eigenvalue weighted by Crippen LogP contribution is 2.37. The number of nitrogens with zero attached hydrogens (tertiary/aromatic N) is 5. The zero-order valence-electron chi connectivity index (χ0n) is 13.2. The monoisotopic (exact) mass is 311 g/mol. The normalized spacial score (nSPS) is 17.2. The largest absolute Gasteiger partial charge is 0.337 e. The van der Waals surface area contributed by atoms with E-state index in [0.717, 1.165) is 32.2 Å². The molecule has 6 nitrogen and oxygen atoms in total. The molecule has 0 radical (unpaired) electrons. The molecule has 3 heterocycles. The third-order valence-electron chi connectivity index (χ3n) is 4.38. The SMILES string of the molecule is C=CCC1(CC=C)CCCN1Cc1nc(-c2cnccn2)no1. The fourth-order valence-electron chi connectivity index (χ4n) is 3.32. The maximum Gasteiger partial charge on any atom is 0.241 e. The van der Waals surface area contributed by atoms with Crippen molar-refractivity contribution in [1.82, 2.24) is 25.0 Å². The van der Waals surface area contributed by atoms with Crippen LogP contribution in [-0.2, 0) is 6.54 Å². The molecule has 0 aromatic carbocycles. The molecule has 0 spiro atoms. The van der Waals surface area contributed by atoms with Crippen molar-refractivity contribution in [3.63, 3.8) is 0 Å². The van der Waals surface area contributed by atoms with Gasteiger partial charge in [0.2, 0.25) is 11.7 Å². The molecule has 0 aliphatic carbocycles. The second-order valence-electron chi connectivity index (χ2n) is 5.84. The first-order valence-electron chi connectivity index (χ1n) is 7.83. The van der Waals surface area contributed by atoms with Crippen LogP contribution >= 0.6 is 0 Å². The summed E-state index contributed by atoms with van der Waals surface area (Å²) in [7, 11) is 0. The van der Waals surface area contributed by atoms with Gasteiger partial charge in [0.1, 0.15) is 5.69 Å². The van der Waals surface area contributed by atoms with Crippen LogP contribution in [0.25, 0.3) is 11.5 Å². The van der Waals surface area contributed by atoms with Gasteiger partial charge in [-0.1, -0.05) is 17.3 Å². The Morgan fingerprint density at radius 3 is 2.78 bits per heavy atom. The van der Waals surface area contributed by atoms with Gasteiger partial charge in [-0.2, -0.15) is 4.98 Å². The molecule has 0 bridgehead atoms. The first-order chi connectivity index (χ1) is 11.3. The fourth-order valence-corrected chi connectivity index (χ4v) is 3.32. The average Bonchev–Trinajstić information content (AvgIpc) is 3.18. The van der Waals surface area contributed by atoms with Crippen LogP contribution in [0.4, 0.5) is 0 Å². The quantitative estimate of drug-likeness (QED) is 0.732. The van der Waals surface area contributed by atoms with Crippen molar-refractivity contribution in [3.05, 3.63) is 49.8 Å². The molecule has 1 saturated heterocycles. The molecule has 0 saturated carbocycles. The summed E-state index contributed by atoms with van der Waals surface area (Å²) >= 11 is 0. The lowest BCUT2D eigenvalue weighted by Gasteiger charge is -2.36. The maximum atomic E-state index is 5.41. The molecule has 2 aromatic rings. The minimum atomic E-state index is 0.0741. The summed E-state index contributed by atoms with van der Waals surface area (Å²) in [6.07, 6.45) is 13.0. The van der Waals surface area contributed by atoms with Gasteiger partial charge < -0.3 is 4.52 Å². The molecular formula is C17H21N5O. The molecule has 3 rings (SSSR count). The lowest BCUT2D eigenvalue weighted by atomic mass is 9.88. The van der Waals surface area contributed by atoms with Crippen molar-refractivity contribution >= 4 is 0 Å². The van der Waals surface area contributed by atoms with Gasteiger partial charge >= 0.3 is 0 Å². The Labute approximate surface area is 136 Å². The van der Waals surface area contributed by atoms with Gasteiger partial charge in [0.25, 0.3) is 0 Å². The molecule has 2 aromatic heterocycles. The van der Waals surface area contributed by atoms with Crippen LogP contribution in [0.5, 0.6) is 0 Å². The van der Waals surface area contributed by atoms with Gasteiger partial charge in [0, 0.05) is 17.9 Å². The lowest BCUT2D eigenvalue weighted by molar-refractivity contribution is 0.118. The molecular weight excluding hydrogens is 290 g/mol. The highest BCUT2D eigenvalue weighted by molar-refractivity contribution is 5.45. The molecule has 0 N–H and O–H groups in total. The Bertz CT molecular complexity index is 657. The van der Waals surface area contributed by atoms with E-state index >= 15 is 0 Å². The van der Waals surface area contributed by atoms with E-state index in [4.69, 9.17) is 4.52 Å². The summed E-state index contributed by atoms with van der Waals surface area (Å²) in [5.41, 5.74) is 0.692. The molecule has 1 aliphatic heterocycles. The van der Waals surface area contributed by atoms with Crippen LogP contribution in [-0.4, -0.2) is 37.1 Å². The Kier molecular flexibility index (Phi) is 4.62. The van der Waals surface area contributed by atoms with E-state index in [1.165, 1.54) is 0 Å². The number of likely N-dealkylation sites (tertiary alicyclic amines) is 1. The molecule has 1 aliphatic rings. The van der Waals surface area contributed by atoms with Gasteiger partial charge in [-0.05, 0) is 32.2 Å². The van der Waals surface area contributed by atoms with E-state index in [1.807, 2.05) is 12.2 Å². The van der Waals surface area contributed by atoms with Crippen LogP contribution in [0.2, 0.25) is 0 Å². The summed E-state index contributed by atoms with van der Waals surface area (Å²) in [6, 6.07) is 0. The molecule has 120 valence electrons. The van der Waals surface area contributed by atoms with E-state index in [0.29, 0.717) is 24.0 Å². The smallest absolute Gasteiger partial charge is 0.241 e. The zero-order chi connectivity index (χ0) is 16.1. The van der Waals surface area contributed by atoms with E-state index in [9.17, 15) is 0 Å². The minimum Gasteiger partial charge on any atom is -0.337 e. The molecule has 1 fully saturated rings. The molecule has 23 heavy (non-hydrogen) atoms. The lowest BCUT2D eigenvalue weighted by Crippen LogP contribution is -2.42. The van der Waals surface area contributed by atoms with Crippen LogP contribution in [0.15, 0.2) is 48.4 Å². The molecule has 0 amide bonds. The molecule has 6 heteroatoms. The second kappa shape index (κ2) is 6.83. The Balaban J connectivity index is 1.77. The number of aromatic nitrogens is 4. The van der Waals surface area contributed by atoms with E-state index in [-0.39, 0.29) is 5.54 Å². The predicted octanol–water partition coefficient (Wildman–Crippen LogP) is 3.01. The Hall–Kier alpha value is -2.34. The topological polar surface area (TPSA) is 67.9 Å². The first kappa shape index (κ1) is 15.6. The van der Waals surface area contributed by atoms with Crippen molar-refractivity contribution in [2.75, 3.05) is 6.54 Å². The third kappa shape index (κ3) is 3.22. The predicted molar refractivity (Wildman–Crippen MR) is 87.3 cm³/mol. The third-order valence-corrected chi connectivity index (χ3v) is 4.38. The Morgan fingerprint density at radius 1 is 1.26 bits per heavy atom. The van der Waals surface area contributed by atoms with Gasteiger partial charge in [-0.15, -0.1) is 13.2 Å². The van der Waals surface area contributed by atoms with Crippen molar-refractivity contribution < 1.29 is 4.52 Å². The second-order valence-corrected chi connectivity index (χ2v) is 5.84. The van der Waals surface area contributed by atoms with Crippen molar-refractivity contribution in [3.8, 4) is 11.5 Å². The standard InChI is InChI=1S/C17H21N5O/c1-3-6-17(7-4-2)8-5-11-22(17)13-15-20-16(21-23-15)14-12-18-9-10-19-14/h3-4,9-10,12H,1-2,5-8,11,13H2. The van der Waals surface area contributed by atoms with Gasteiger partial charge in [0.15, 0.2) is 0 Å². The highest BCUT2D eigenvalue weighted by atomic mass is 16.5. The van der Waals surface area contributed by atoms with Crippen molar-refractivity contribution in [1.29, 1.82) is 0 Å². The van der Waals surface area contributed by atoms with E-state index in [1.54, 1.807) is 18.6 Å². The minimum absolute atomic E-state index is 0.0741. The van der Waals surface area contributed by atoms with Crippen LogP contribution in [0.3, 0.4) is 0 Å². The van der Waals surface area contributed by atoms with E-state index < -0.39 is 0 Å². The average molecular weight is 311 g/mol. The maximum absolute atomic E-state index is 5.41. The van der Waals surface area contributed by atoms with Crippen LogP contribution < -0.4 is 0 Å². The van der Waals surface area contributed by atoms with Crippen LogP contribution in [0, 0.1) is 0 Å². The van der Waals surface area contributed by atoms with Crippen molar-refractivity contribution in [2.45, 2.75) is 37.8 Å². The Morgan fingerprint density at radius 2 is 2.09 bits per heavy atom. The highest BCUT2D eigenvalue weighted by Gasteiger charge is 2.39. The van der Waals surface area contributed by atoms with Gasteiger partial charge in [-0.25, -0.2) is 4.98 Å². The van der Waals surface area contributed by atoms with E-state index in [2.05, 4.69) is 38.2 Å². The fraction of sp³-hybridized carbons (Fsp3) is 0.412.